The normalized spacial score (nSPS) is 10.2. The van der Waals surface area contributed by atoms with Crippen molar-refractivity contribution in [3.63, 3.8) is 0 Å². The van der Waals surface area contributed by atoms with Gasteiger partial charge in [-0.25, -0.2) is 5.84 Å². The maximum atomic E-state index is 11.1. The van der Waals surface area contributed by atoms with E-state index in [1.807, 2.05) is 24.3 Å². The molecular weight excluding hydrogens is 262 g/mol. The number of aromatic nitrogens is 2. The van der Waals surface area contributed by atoms with E-state index in [-0.39, 0.29) is 18.0 Å². The van der Waals surface area contributed by atoms with Crippen molar-refractivity contribution >= 4 is 11.6 Å². The number of hydrazine groups is 1. The van der Waals surface area contributed by atoms with Crippen LogP contribution >= 0.6 is 0 Å². The topological polar surface area (TPSA) is 116 Å². The molecule has 8 nitrogen and oxygen atoms in total. The summed E-state index contributed by atoms with van der Waals surface area (Å²) < 4.78 is 1.49. The van der Waals surface area contributed by atoms with Crippen molar-refractivity contribution in [3.05, 3.63) is 57.9 Å². The fraction of sp³-hybridized carbons (Fsp3) is 0.167. The van der Waals surface area contributed by atoms with Gasteiger partial charge in [0, 0.05) is 0 Å². The molecule has 8 heteroatoms. The highest BCUT2D eigenvalue weighted by Gasteiger charge is 2.09. The minimum absolute atomic E-state index is 0.0405. The predicted octanol–water partition coefficient (Wildman–Crippen LogP) is 0.372. The number of carbonyl (C=O) groups excluding carboxylic acids is 1. The van der Waals surface area contributed by atoms with Crippen LogP contribution in [-0.4, -0.2) is 20.6 Å². The van der Waals surface area contributed by atoms with Gasteiger partial charge in [0.1, 0.15) is 12.4 Å². The van der Waals surface area contributed by atoms with E-state index in [0.29, 0.717) is 6.54 Å². The molecule has 0 aliphatic carbocycles. The third kappa shape index (κ3) is 3.39. The molecule has 3 N–H and O–H groups in total. The van der Waals surface area contributed by atoms with Crippen LogP contribution in [0.3, 0.4) is 0 Å². The number of nitro groups is 1. The lowest BCUT2D eigenvalue weighted by Gasteiger charge is -2.04. The number of rotatable bonds is 5. The molecule has 20 heavy (non-hydrogen) atoms. The van der Waals surface area contributed by atoms with Crippen LogP contribution in [0.4, 0.5) is 5.69 Å². The van der Waals surface area contributed by atoms with Crippen LogP contribution < -0.4 is 11.3 Å². The van der Waals surface area contributed by atoms with Crippen molar-refractivity contribution in [2.45, 2.75) is 13.0 Å². The van der Waals surface area contributed by atoms with E-state index >= 15 is 0 Å². The standard InChI is InChI=1S/C12H13N5O3/c13-15-12(18)5-9-1-3-10(4-2-9)7-16-8-11(6-14-16)17(19)20/h1-4,6,8H,5,7,13H2,(H,15,18). The molecular formula is C12H13N5O3. The number of hydrogen-bond acceptors (Lipinski definition) is 5. The van der Waals surface area contributed by atoms with Gasteiger partial charge in [0.2, 0.25) is 5.91 Å². The van der Waals surface area contributed by atoms with Crippen LogP contribution in [0, 0.1) is 10.1 Å². The maximum absolute atomic E-state index is 11.1. The van der Waals surface area contributed by atoms with Gasteiger partial charge in [-0.15, -0.1) is 0 Å². The molecule has 0 spiro atoms. The lowest BCUT2D eigenvalue weighted by molar-refractivity contribution is -0.385. The quantitative estimate of drug-likeness (QED) is 0.354. The van der Waals surface area contributed by atoms with Crippen molar-refractivity contribution in [1.29, 1.82) is 0 Å². The Morgan fingerprint density at radius 3 is 2.55 bits per heavy atom. The number of carbonyl (C=O) groups is 1. The van der Waals surface area contributed by atoms with E-state index in [1.165, 1.54) is 17.1 Å². The summed E-state index contributed by atoms with van der Waals surface area (Å²) in [6.07, 6.45) is 2.79. The van der Waals surface area contributed by atoms with Crippen LogP contribution in [0.5, 0.6) is 0 Å². The molecule has 104 valence electrons. The largest absolute Gasteiger partial charge is 0.307 e. The molecule has 0 aliphatic heterocycles. The Morgan fingerprint density at radius 2 is 2.00 bits per heavy atom. The Labute approximate surface area is 114 Å². The molecule has 0 radical (unpaired) electrons. The lowest BCUT2D eigenvalue weighted by atomic mass is 10.1. The van der Waals surface area contributed by atoms with Gasteiger partial charge < -0.3 is 0 Å². The smallest absolute Gasteiger partial charge is 0.294 e. The van der Waals surface area contributed by atoms with Crippen molar-refractivity contribution < 1.29 is 9.72 Å². The minimum Gasteiger partial charge on any atom is -0.294 e. The Bertz CT molecular complexity index is 620. The van der Waals surface area contributed by atoms with Crippen LogP contribution in [0.15, 0.2) is 36.7 Å². The summed E-state index contributed by atoms with van der Waals surface area (Å²) in [7, 11) is 0. The Morgan fingerprint density at radius 1 is 1.35 bits per heavy atom. The molecule has 0 atom stereocenters. The van der Waals surface area contributed by atoms with Crippen molar-refractivity contribution in [2.75, 3.05) is 0 Å². The van der Waals surface area contributed by atoms with E-state index in [4.69, 9.17) is 5.84 Å². The molecule has 0 fully saturated rings. The zero-order valence-electron chi connectivity index (χ0n) is 10.5. The molecule has 1 amide bonds. The molecule has 1 aromatic carbocycles. The highest BCUT2D eigenvalue weighted by molar-refractivity contribution is 5.77. The number of nitrogens with one attached hydrogen (secondary N) is 1. The van der Waals surface area contributed by atoms with E-state index in [9.17, 15) is 14.9 Å². The Kier molecular flexibility index (Phi) is 4.06. The molecule has 2 rings (SSSR count). The average Bonchev–Trinajstić information content (AvgIpc) is 2.89. The van der Waals surface area contributed by atoms with Crippen molar-refractivity contribution in [2.24, 2.45) is 5.84 Å². The van der Waals surface area contributed by atoms with Gasteiger partial charge in [-0.1, -0.05) is 24.3 Å². The first-order chi connectivity index (χ1) is 9.58. The summed E-state index contributed by atoms with van der Waals surface area (Å²) in [4.78, 5) is 21.2. The van der Waals surface area contributed by atoms with Crippen LogP contribution in [-0.2, 0) is 17.8 Å². The van der Waals surface area contributed by atoms with Gasteiger partial charge in [0.25, 0.3) is 0 Å². The molecule has 1 aromatic heterocycles. The van der Waals surface area contributed by atoms with Crippen LogP contribution in [0.1, 0.15) is 11.1 Å². The second-order valence-corrected chi connectivity index (χ2v) is 4.21. The summed E-state index contributed by atoms with van der Waals surface area (Å²) in [6, 6.07) is 7.30. The molecule has 0 unspecified atom stereocenters. The predicted molar refractivity (Wildman–Crippen MR) is 70.5 cm³/mol. The van der Waals surface area contributed by atoms with Crippen LogP contribution in [0.25, 0.3) is 0 Å². The van der Waals surface area contributed by atoms with Crippen LogP contribution in [0.2, 0.25) is 0 Å². The average molecular weight is 275 g/mol. The fourth-order valence-electron chi connectivity index (χ4n) is 1.72. The number of hydrogen-bond donors (Lipinski definition) is 2. The molecule has 0 saturated carbocycles. The van der Waals surface area contributed by atoms with Gasteiger partial charge in [0.15, 0.2) is 0 Å². The van der Waals surface area contributed by atoms with Gasteiger partial charge in [-0.3, -0.25) is 25.0 Å². The van der Waals surface area contributed by atoms with Gasteiger partial charge in [-0.2, -0.15) is 5.10 Å². The first-order valence-corrected chi connectivity index (χ1v) is 5.82. The summed E-state index contributed by atoms with van der Waals surface area (Å²) in [5.41, 5.74) is 3.79. The highest BCUT2D eigenvalue weighted by atomic mass is 16.6. The van der Waals surface area contributed by atoms with E-state index in [0.717, 1.165) is 11.1 Å². The highest BCUT2D eigenvalue weighted by Crippen LogP contribution is 2.11. The first kappa shape index (κ1) is 13.7. The first-order valence-electron chi connectivity index (χ1n) is 5.82. The fourth-order valence-corrected chi connectivity index (χ4v) is 1.72. The summed E-state index contributed by atoms with van der Waals surface area (Å²) in [5.74, 6) is 4.75. The second-order valence-electron chi connectivity index (χ2n) is 4.21. The van der Waals surface area contributed by atoms with Gasteiger partial charge in [0.05, 0.1) is 17.9 Å². The third-order valence-corrected chi connectivity index (χ3v) is 2.72. The maximum Gasteiger partial charge on any atom is 0.307 e. The minimum atomic E-state index is -0.488. The van der Waals surface area contributed by atoms with E-state index < -0.39 is 4.92 Å². The van der Waals surface area contributed by atoms with Crippen molar-refractivity contribution in [1.82, 2.24) is 15.2 Å². The molecule has 1 heterocycles. The number of amides is 1. The Hall–Kier alpha value is -2.74. The van der Waals surface area contributed by atoms with Gasteiger partial charge >= 0.3 is 5.69 Å². The van der Waals surface area contributed by atoms with Crippen molar-refractivity contribution in [3.8, 4) is 0 Å². The SMILES string of the molecule is NNC(=O)Cc1ccc(Cn2cc([N+](=O)[O-])cn2)cc1. The summed E-state index contributed by atoms with van der Waals surface area (Å²) >= 11 is 0. The second kappa shape index (κ2) is 5.93. The zero-order chi connectivity index (χ0) is 14.5. The summed E-state index contributed by atoms with van der Waals surface area (Å²) in [5, 5.41) is 14.5. The zero-order valence-corrected chi connectivity index (χ0v) is 10.5. The molecule has 0 bridgehead atoms. The summed E-state index contributed by atoms with van der Waals surface area (Å²) in [6.45, 7) is 0.428. The van der Waals surface area contributed by atoms with Gasteiger partial charge in [-0.05, 0) is 11.1 Å². The molecule has 2 aromatic rings. The number of nitrogens with zero attached hydrogens (tertiary/aromatic N) is 3. The van der Waals surface area contributed by atoms with E-state index in [2.05, 4.69) is 10.5 Å². The van der Waals surface area contributed by atoms with E-state index in [1.54, 1.807) is 0 Å². The Balaban J connectivity index is 2.02. The number of benzene rings is 1. The number of nitrogens with two attached hydrogens (primary N) is 1. The lowest BCUT2D eigenvalue weighted by Crippen LogP contribution is -2.31. The third-order valence-electron chi connectivity index (χ3n) is 2.72. The molecule has 0 saturated heterocycles. The monoisotopic (exact) mass is 275 g/mol. The molecule has 0 aliphatic rings.